The molecule has 154 valence electrons. The Morgan fingerprint density at radius 3 is 2.33 bits per heavy atom. The molecule has 27 heavy (non-hydrogen) atoms. The summed E-state index contributed by atoms with van der Waals surface area (Å²) in [7, 11) is 0. The number of nitrogens with two attached hydrogens (primary N) is 1. The van der Waals surface area contributed by atoms with Gasteiger partial charge in [-0.1, -0.05) is 43.0 Å². The van der Waals surface area contributed by atoms with Crippen molar-refractivity contribution in [3.63, 3.8) is 0 Å². The number of nitrogens with zero attached hydrogens (tertiary/aromatic N) is 1. The Bertz CT molecular complexity index is 574. The Morgan fingerprint density at radius 1 is 1.15 bits per heavy atom. The van der Waals surface area contributed by atoms with Crippen LogP contribution in [0.2, 0.25) is 5.02 Å². The number of morpholine rings is 1. The third-order valence-electron chi connectivity index (χ3n) is 5.40. The van der Waals surface area contributed by atoms with Crippen LogP contribution in [0.3, 0.4) is 0 Å². The molecule has 1 aromatic rings. The maximum absolute atomic E-state index is 12.7. The number of hydrogen-bond donors (Lipinski definition) is 2. The summed E-state index contributed by atoms with van der Waals surface area (Å²) in [6.07, 6.45) is 4.80. The monoisotopic (exact) mass is 437 g/mol. The molecule has 2 aliphatic rings. The first kappa shape index (κ1) is 24.5. The summed E-state index contributed by atoms with van der Waals surface area (Å²) >= 11 is 6.03. The molecule has 3 rings (SSSR count). The van der Waals surface area contributed by atoms with Crippen LogP contribution in [0, 0.1) is 0 Å². The second-order valence-electron chi connectivity index (χ2n) is 7.14. The number of carbonyl (C=O) groups is 1. The van der Waals surface area contributed by atoms with E-state index in [0.717, 1.165) is 62.6 Å². The van der Waals surface area contributed by atoms with Crippen LogP contribution in [0.25, 0.3) is 0 Å². The number of nitrogens with one attached hydrogen (secondary N) is 1. The van der Waals surface area contributed by atoms with Gasteiger partial charge in [0.1, 0.15) is 0 Å². The molecule has 1 heterocycles. The highest BCUT2D eigenvalue weighted by Gasteiger charge is 2.35. The van der Waals surface area contributed by atoms with Crippen LogP contribution in [-0.4, -0.2) is 49.2 Å². The summed E-state index contributed by atoms with van der Waals surface area (Å²) in [5.74, 6) is -0.0144. The molecule has 1 aromatic carbocycles. The summed E-state index contributed by atoms with van der Waals surface area (Å²) in [6.45, 7) is 3.71. The molecule has 3 N–H and O–H groups in total. The lowest BCUT2D eigenvalue weighted by Crippen LogP contribution is -2.56. The fourth-order valence-electron chi connectivity index (χ4n) is 3.81. The van der Waals surface area contributed by atoms with Gasteiger partial charge in [0.05, 0.1) is 24.8 Å². The summed E-state index contributed by atoms with van der Waals surface area (Å²) in [6, 6.07) is 7.98. The highest BCUT2D eigenvalue weighted by atomic mass is 35.5. The van der Waals surface area contributed by atoms with Crippen molar-refractivity contribution in [1.29, 1.82) is 0 Å². The first-order chi connectivity index (χ1) is 12.1. The van der Waals surface area contributed by atoms with E-state index in [1.165, 1.54) is 6.42 Å². The third-order valence-corrected chi connectivity index (χ3v) is 5.65. The van der Waals surface area contributed by atoms with E-state index in [9.17, 15) is 4.79 Å². The van der Waals surface area contributed by atoms with Gasteiger partial charge < -0.3 is 15.8 Å². The molecule has 0 aromatic heterocycles. The van der Waals surface area contributed by atoms with Gasteiger partial charge in [-0.15, -0.1) is 24.8 Å². The Morgan fingerprint density at radius 2 is 1.74 bits per heavy atom. The average molecular weight is 439 g/mol. The van der Waals surface area contributed by atoms with E-state index < -0.39 is 5.54 Å². The molecule has 8 heteroatoms. The number of halogens is 3. The Labute approximate surface area is 179 Å². The van der Waals surface area contributed by atoms with Gasteiger partial charge in [0.25, 0.3) is 0 Å². The minimum Gasteiger partial charge on any atom is -0.379 e. The molecule has 1 aliphatic carbocycles. The van der Waals surface area contributed by atoms with Gasteiger partial charge in [-0.05, 0) is 30.5 Å². The Kier molecular flexibility index (Phi) is 10.4. The van der Waals surface area contributed by atoms with Crippen molar-refractivity contribution >= 4 is 42.3 Å². The standard InChI is InChI=1S/C19H28ClN3O2.2ClH/c20-16-6-4-15(5-7-16)17(23-10-12-25-13-11-23)14-22-18(24)19(21)8-2-1-3-9-19;;/h4-7,17H,1-3,8-14,21H2,(H,22,24);2*1H. The first-order valence-corrected chi connectivity index (χ1v) is 9.61. The Balaban J connectivity index is 0.00000182. The molecule has 1 unspecified atom stereocenters. The van der Waals surface area contributed by atoms with Gasteiger partial charge in [0, 0.05) is 24.7 Å². The van der Waals surface area contributed by atoms with Gasteiger partial charge in [-0.25, -0.2) is 0 Å². The largest absolute Gasteiger partial charge is 0.379 e. The zero-order valence-corrected chi connectivity index (χ0v) is 17.9. The zero-order chi connectivity index (χ0) is 17.7. The van der Waals surface area contributed by atoms with Crippen LogP contribution in [0.4, 0.5) is 0 Å². The SMILES string of the molecule is Cl.Cl.NC1(C(=O)NCC(c2ccc(Cl)cc2)N2CCOCC2)CCCCC1. The average Bonchev–Trinajstić information content (AvgIpc) is 2.64. The number of carbonyl (C=O) groups excluding carboxylic acids is 1. The van der Waals surface area contributed by atoms with Crippen LogP contribution >= 0.6 is 36.4 Å². The molecule has 0 bridgehead atoms. The van der Waals surface area contributed by atoms with E-state index in [2.05, 4.69) is 10.2 Å². The second kappa shape index (κ2) is 11.4. The molecule has 1 saturated carbocycles. The summed E-state index contributed by atoms with van der Waals surface area (Å²) < 4.78 is 5.47. The molecular formula is C19H30Cl3N3O2. The highest BCUT2D eigenvalue weighted by molar-refractivity contribution is 6.30. The van der Waals surface area contributed by atoms with Crippen molar-refractivity contribution in [1.82, 2.24) is 10.2 Å². The molecule has 1 amide bonds. The quantitative estimate of drug-likeness (QED) is 0.740. The van der Waals surface area contributed by atoms with Crippen molar-refractivity contribution in [3.8, 4) is 0 Å². The minimum atomic E-state index is -0.701. The number of amides is 1. The highest BCUT2D eigenvalue weighted by Crippen LogP contribution is 2.27. The predicted molar refractivity (Wildman–Crippen MR) is 114 cm³/mol. The van der Waals surface area contributed by atoms with Gasteiger partial charge in [-0.3, -0.25) is 9.69 Å². The second-order valence-corrected chi connectivity index (χ2v) is 7.58. The number of benzene rings is 1. The van der Waals surface area contributed by atoms with Crippen LogP contribution in [0.15, 0.2) is 24.3 Å². The molecule has 5 nitrogen and oxygen atoms in total. The molecule has 0 radical (unpaired) electrons. The van der Waals surface area contributed by atoms with Crippen LogP contribution < -0.4 is 11.1 Å². The van der Waals surface area contributed by atoms with Gasteiger partial charge in [-0.2, -0.15) is 0 Å². The topological polar surface area (TPSA) is 67.6 Å². The lowest BCUT2D eigenvalue weighted by Gasteiger charge is -2.36. The van der Waals surface area contributed by atoms with Crippen molar-refractivity contribution in [2.75, 3.05) is 32.8 Å². The summed E-state index contributed by atoms with van der Waals surface area (Å²) in [5.41, 5.74) is 6.82. The van der Waals surface area contributed by atoms with Crippen molar-refractivity contribution < 1.29 is 9.53 Å². The van der Waals surface area contributed by atoms with Crippen molar-refractivity contribution in [2.45, 2.75) is 43.7 Å². The molecular weight excluding hydrogens is 409 g/mol. The fraction of sp³-hybridized carbons (Fsp3) is 0.632. The Hall–Kier alpha value is -0.560. The number of ether oxygens (including phenoxy) is 1. The van der Waals surface area contributed by atoms with Crippen LogP contribution in [-0.2, 0) is 9.53 Å². The van der Waals surface area contributed by atoms with E-state index in [0.29, 0.717) is 6.54 Å². The molecule has 1 atom stereocenters. The van der Waals surface area contributed by atoms with Gasteiger partial charge in [0.2, 0.25) is 5.91 Å². The molecule has 0 spiro atoms. The minimum absolute atomic E-state index is 0. The zero-order valence-electron chi connectivity index (χ0n) is 15.5. The van der Waals surface area contributed by atoms with E-state index in [1.54, 1.807) is 0 Å². The van der Waals surface area contributed by atoms with Crippen molar-refractivity contribution in [2.24, 2.45) is 5.73 Å². The number of rotatable bonds is 5. The molecule has 1 aliphatic heterocycles. The van der Waals surface area contributed by atoms with E-state index >= 15 is 0 Å². The van der Waals surface area contributed by atoms with Gasteiger partial charge >= 0.3 is 0 Å². The van der Waals surface area contributed by atoms with E-state index in [4.69, 9.17) is 22.1 Å². The van der Waals surface area contributed by atoms with Gasteiger partial charge in [0.15, 0.2) is 0 Å². The normalized spacial score (nSPS) is 20.7. The maximum atomic E-state index is 12.7. The maximum Gasteiger partial charge on any atom is 0.240 e. The van der Waals surface area contributed by atoms with E-state index in [-0.39, 0.29) is 36.8 Å². The predicted octanol–water partition coefficient (Wildman–Crippen LogP) is 3.33. The third kappa shape index (κ3) is 6.48. The van der Waals surface area contributed by atoms with E-state index in [1.807, 2.05) is 24.3 Å². The molecule has 2 fully saturated rings. The lowest BCUT2D eigenvalue weighted by molar-refractivity contribution is -0.127. The molecule has 1 saturated heterocycles. The lowest BCUT2D eigenvalue weighted by atomic mass is 9.82. The van der Waals surface area contributed by atoms with Crippen LogP contribution in [0.5, 0.6) is 0 Å². The summed E-state index contributed by atoms with van der Waals surface area (Å²) in [4.78, 5) is 15.1. The fourth-order valence-corrected chi connectivity index (χ4v) is 3.93. The smallest absolute Gasteiger partial charge is 0.240 e. The number of hydrogen-bond acceptors (Lipinski definition) is 4. The first-order valence-electron chi connectivity index (χ1n) is 9.23. The summed E-state index contributed by atoms with van der Waals surface area (Å²) in [5, 5.41) is 3.84. The van der Waals surface area contributed by atoms with Crippen LogP contribution in [0.1, 0.15) is 43.7 Å². The van der Waals surface area contributed by atoms with Crippen molar-refractivity contribution in [3.05, 3.63) is 34.9 Å².